The number of nitrogens with one attached hydrogen (secondary N) is 1. The molecule has 2 rings (SSSR count). The number of nitrogen functional groups attached to an aromatic ring is 1. The summed E-state index contributed by atoms with van der Waals surface area (Å²) in [7, 11) is 0. The van der Waals surface area contributed by atoms with Gasteiger partial charge >= 0.3 is 6.03 Å². The molecule has 1 aliphatic heterocycles. The Kier molecular flexibility index (Phi) is 3.47. The van der Waals surface area contributed by atoms with E-state index >= 15 is 0 Å². The number of fused-ring (bicyclic) bond motifs is 1. The largest absolute Gasteiger partial charge is 0.398 e. The number of urea groups is 1. The maximum absolute atomic E-state index is 11.4. The Bertz CT molecular complexity index is 487. The van der Waals surface area contributed by atoms with Gasteiger partial charge in [0, 0.05) is 18.8 Å². The van der Waals surface area contributed by atoms with Gasteiger partial charge in [-0.1, -0.05) is 12.1 Å². The van der Waals surface area contributed by atoms with Crippen LogP contribution in [0, 0.1) is 0 Å². The van der Waals surface area contributed by atoms with Gasteiger partial charge in [0.15, 0.2) is 0 Å². The first-order valence-electron chi connectivity index (χ1n) is 5.74. The van der Waals surface area contributed by atoms with Crippen molar-refractivity contribution < 1.29 is 9.59 Å². The molecule has 0 atom stereocenters. The lowest BCUT2D eigenvalue weighted by molar-refractivity contribution is -0.121. The third-order valence-electron chi connectivity index (χ3n) is 3.01. The minimum absolute atomic E-state index is 0.164. The molecule has 0 spiro atoms. The molecule has 1 aromatic carbocycles. The van der Waals surface area contributed by atoms with Gasteiger partial charge < -0.3 is 11.5 Å². The third-order valence-corrected chi connectivity index (χ3v) is 3.01. The number of benzene rings is 1. The Balaban J connectivity index is 2.00. The van der Waals surface area contributed by atoms with Gasteiger partial charge in [-0.05, 0) is 23.6 Å². The lowest BCUT2D eigenvalue weighted by atomic mass is 9.98. The molecule has 0 saturated heterocycles. The molecule has 96 valence electrons. The number of carbonyl (C=O) groups excluding carboxylic acids is 2. The molecule has 0 saturated carbocycles. The van der Waals surface area contributed by atoms with E-state index in [1.54, 1.807) is 0 Å². The van der Waals surface area contributed by atoms with Crippen molar-refractivity contribution in [3.63, 3.8) is 0 Å². The second kappa shape index (κ2) is 5.05. The molecule has 0 aliphatic carbocycles. The van der Waals surface area contributed by atoms with Crippen molar-refractivity contribution >= 4 is 17.6 Å². The first-order valence-corrected chi connectivity index (χ1v) is 5.74. The Hall–Kier alpha value is -2.08. The van der Waals surface area contributed by atoms with E-state index in [0.29, 0.717) is 6.54 Å². The predicted octanol–water partition coefficient (Wildman–Crippen LogP) is -0.178. The van der Waals surface area contributed by atoms with Crippen LogP contribution in [-0.4, -0.2) is 29.9 Å². The number of nitrogens with two attached hydrogens (primary N) is 2. The van der Waals surface area contributed by atoms with E-state index in [4.69, 9.17) is 11.5 Å². The molecule has 6 nitrogen and oxygen atoms in total. The van der Waals surface area contributed by atoms with Crippen molar-refractivity contribution in [2.75, 3.05) is 18.8 Å². The Morgan fingerprint density at radius 3 is 2.89 bits per heavy atom. The molecule has 3 amide bonds. The SMILES string of the molecule is NC(=O)NC(=O)CN1CCc2c(N)cccc2C1. The summed E-state index contributed by atoms with van der Waals surface area (Å²) in [6, 6.07) is 4.97. The third kappa shape index (κ3) is 2.78. The van der Waals surface area contributed by atoms with Crippen LogP contribution in [-0.2, 0) is 17.8 Å². The molecule has 18 heavy (non-hydrogen) atoms. The average molecular weight is 248 g/mol. The monoisotopic (exact) mass is 248 g/mol. The summed E-state index contributed by atoms with van der Waals surface area (Å²) in [5.74, 6) is -0.380. The minimum atomic E-state index is -0.818. The molecular weight excluding hydrogens is 232 g/mol. The number of imide groups is 1. The molecule has 0 unspecified atom stereocenters. The van der Waals surface area contributed by atoms with Crippen LogP contribution in [0.3, 0.4) is 0 Å². The fraction of sp³-hybridized carbons (Fsp3) is 0.333. The summed E-state index contributed by atoms with van der Waals surface area (Å²) in [6.07, 6.45) is 0.811. The van der Waals surface area contributed by atoms with Crippen LogP contribution in [0.4, 0.5) is 10.5 Å². The fourth-order valence-corrected chi connectivity index (χ4v) is 2.21. The normalized spacial score (nSPS) is 14.9. The zero-order valence-corrected chi connectivity index (χ0v) is 9.98. The molecule has 5 N–H and O–H groups in total. The molecule has 0 radical (unpaired) electrons. The first-order chi connectivity index (χ1) is 8.56. The van der Waals surface area contributed by atoms with E-state index in [0.717, 1.165) is 29.8 Å². The zero-order chi connectivity index (χ0) is 13.1. The number of hydrogen-bond acceptors (Lipinski definition) is 4. The smallest absolute Gasteiger partial charge is 0.318 e. The van der Waals surface area contributed by atoms with Gasteiger partial charge in [-0.25, -0.2) is 4.79 Å². The van der Waals surface area contributed by atoms with Crippen molar-refractivity contribution in [2.45, 2.75) is 13.0 Å². The Morgan fingerprint density at radius 2 is 2.17 bits per heavy atom. The van der Waals surface area contributed by atoms with Gasteiger partial charge in [-0.15, -0.1) is 0 Å². The average Bonchev–Trinajstić information content (AvgIpc) is 2.27. The van der Waals surface area contributed by atoms with Gasteiger partial charge in [0.05, 0.1) is 6.54 Å². The maximum atomic E-state index is 11.4. The quantitative estimate of drug-likeness (QED) is 0.632. The van der Waals surface area contributed by atoms with Crippen molar-refractivity contribution in [1.29, 1.82) is 0 Å². The molecule has 0 aromatic heterocycles. The summed E-state index contributed by atoms with van der Waals surface area (Å²) in [4.78, 5) is 23.9. The van der Waals surface area contributed by atoms with E-state index in [9.17, 15) is 9.59 Å². The minimum Gasteiger partial charge on any atom is -0.398 e. The first kappa shape index (κ1) is 12.4. The van der Waals surface area contributed by atoms with E-state index in [-0.39, 0.29) is 12.5 Å². The Morgan fingerprint density at radius 1 is 1.39 bits per heavy atom. The fourth-order valence-electron chi connectivity index (χ4n) is 2.21. The van der Waals surface area contributed by atoms with Crippen LogP contribution in [0.2, 0.25) is 0 Å². The summed E-state index contributed by atoms with van der Waals surface area (Å²) >= 11 is 0. The highest BCUT2D eigenvalue weighted by Gasteiger charge is 2.19. The van der Waals surface area contributed by atoms with E-state index < -0.39 is 6.03 Å². The number of amides is 3. The molecule has 1 aliphatic rings. The Labute approximate surface area is 105 Å². The lowest BCUT2D eigenvalue weighted by Crippen LogP contribution is -2.43. The van der Waals surface area contributed by atoms with Crippen LogP contribution < -0.4 is 16.8 Å². The highest BCUT2D eigenvalue weighted by atomic mass is 16.2. The number of primary amides is 1. The van der Waals surface area contributed by atoms with Gasteiger partial charge in [-0.3, -0.25) is 15.0 Å². The molecule has 1 aromatic rings. The van der Waals surface area contributed by atoms with Crippen LogP contribution in [0.1, 0.15) is 11.1 Å². The maximum Gasteiger partial charge on any atom is 0.318 e. The number of rotatable bonds is 2. The summed E-state index contributed by atoms with van der Waals surface area (Å²) in [5.41, 5.74) is 13.9. The van der Waals surface area contributed by atoms with Crippen molar-refractivity contribution in [3.05, 3.63) is 29.3 Å². The topological polar surface area (TPSA) is 101 Å². The van der Waals surface area contributed by atoms with Crippen molar-refractivity contribution in [1.82, 2.24) is 10.2 Å². The van der Waals surface area contributed by atoms with Crippen LogP contribution in [0.15, 0.2) is 18.2 Å². The number of carbonyl (C=O) groups is 2. The van der Waals surface area contributed by atoms with Gasteiger partial charge in [0.1, 0.15) is 0 Å². The highest BCUT2D eigenvalue weighted by Crippen LogP contribution is 2.23. The van der Waals surface area contributed by atoms with E-state index in [2.05, 4.69) is 5.32 Å². The summed E-state index contributed by atoms with van der Waals surface area (Å²) in [6.45, 7) is 1.57. The molecule has 6 heteroatoms. The van der Waals surface area contributed by atoms with E-state index in [1.165, 1.54) is 0 Å². The molecular formula is C12H16N4O2. The molecule has 1 heterocycles. The second-order valence-corrected chi connectivity index (χ2v) is 4.36. The number of anilines is 1. The summed E-state index contributed by atoms with van der Waals surface area (Å²) < 4.78 is 0. The van der Waals surface area contributed by atoms with Crippen molar-refractivity contribution in [3.8, 4) is 0 Å². The standard InChI is InChI=1S/C12H16N4O2/c13-10-3-1-2-8-6-16(5-4-9(8)10)7-11(17)15-12(14)18/h1-3H,4-7,13H2,(H3,14,15,17,18). The number of nitrogens with zero attached hydrogens (tertiary/aromatic N) is 1. The van der Waals surface area contributed by atoms with Crippen LogP contribution in [0.25, 0.3) is 0 Å². The summed E-state index contributed by atoms with van der Waals surface area (Å²) in [5, 5.41) is 2.06. The van der Waals surface area contributed by atoms with Crippen LogP contribution >= 0.6 is 0 Å². The lowest BCUT2D eigenvalue weighted by Gasteiger charge is -2.28. The highest BCUT2D eigenvalue weighted by molar-refractivity contribution is 5.94. The van der Waals surface area contributed by atoms with Gasteiger partial charge in [-0.2, -0.15) is 0 Å². The van der Waals surface area contributed by atoms with Crippen molar-refractivity contribution in [2.24, 2.45) is 5.73 Å². The predicted molar refractivity (Wildman–Crippen MR) is 67.6 cm³/mol. The number of hydrogen-bond donors (Lipinski definition) is 3. The second-order valence-electron chi connectivity index (χ2n) is 4.36. The van der Waals surface area contributed by atoms with Crippen LogP contribution in [0.5, 0.6) is 0 Å². The van der Waals surface area contributed by atoms with Gasteiger partial charge in [0.25, 0.3) is 0 Å². The molecule has 0 fully saturated rings. The molecule has 0 bridgehead atoms. The zero-order valence-electron chi connectivity index (χ0n) is 9.98. The van der Waals surface area contributed by atoms with Gasteiger partial charge in [0.2, 0.25) is 5.91 Å². The van der Waals surface area contributed by atoms with E-state index in [1.807, 2.05) is 23.1 Å².